The van der Waals surface area contributed by atoms with Gasteiger partial charge in [0.25, 0.3) is 0 Å². The Labute approximate surface area is 474 Å². The predicted molar refractivity (Wildman–Crippen MR) is 344 cm³/mol. The summed E-state index contributed by atoms with van der Waals surface area (Å²) in [4.78, 5) is 9.79. The van der Waals surface area contributed by atoms with Gasteiger partial charge in [0, 0.05) is 72.1 Å². The molecule has 0 aliphatic carbocycles. The molecule has 0 bridgehead atoms. The fourth-order valence-corrected chi connectivity index (χ4v) is 12.9. The number of aromatic nitrogens is 4. The zero-order chi connectivity index (χ0) is 54.3. The number of hydrogen-bond acceptors (Lipinski definition) is 3. The number of rotatable bonds is 10. The van der Waals surface area contributed by atoms with Crippen LogP contribution in [-0.2, 0) is 0 Å². The van der Waals surface area contributed by atoms with Gasteiger partial charge in [0.2, 0.25) is 0 Å². The van der Waals surface area contributed by atoms with Gasteiger partial charge in [-0.2, -0.15) is 0 Å². The van der Waals surface area contributed by atoms with E-state index in [1.807, 2.05) is 6.33 Å². The molecule has 0 radical (unpaired) electrons. The number of benzene rings is 13. The summed E-state index contributed by atoms with van der Waals surface area (Å²) in [6, 6.07) is 106. The number of nitrogens with zero attached hydrogens (tertiary/aromatic N) is 6. The molecule has 6 heteroatoms. The van der Waals surface area contributed by atoms with Crippen molar-refractivity contribution in [3.8, 4) is 28.2 Å². The lowest BCUT2D eigenvalue weighted by molar-refractivity contribution is 1.09. The van der Waals surface area contributed by atoms with Gasteiger partial charge in [0.05, 0.1) is 44.5 Å². The third-order valence-electron chi connectivity index (χ3n) is 16.6. The molecule has 0 N–H and O–H groups in total. The van der Waals surface area contributed by atoms with Crippen molar-refractivity contribution in [3.05, 3.63) is 303 Å². The molecule has 0 aliphatic rings. The van der Waals surface area contributed by atoms with Crippen LogP contribution < -0.4 is 9.80 Å². The minimum Gasteiger partial charge on any atom is -0.310 e. The van der Waals surface area contributed by atoms with Gasteiger partial charge >= 0.3 is 0 Å². The average molecular weight is 1050 g/mol. The maximum atomic E-state index is 5.09. The van der Waals surface area contributed by atoms with Crippen LogP contribution in [0.5, 0.6) is 0 Å². The highest BCUT2D eigenvalue weighted by molar-refractivity contribution is 6.23. The number of para-hydroxylation sites is 6. The average Bonchev–Trinajstić information content (AvgIpc) is 4.07. The Morgan fingerprint density at radius 2 is 0.671 bits per heavy atom. The van der Waals surface area contributed by atoms with Crippen LogP contribution in [0.3, 0.4) is 0 Å². The Morgan fingerprint density at radius 1 is 0.293 bits per heavy atom. The summed E-state index contributed by atoms with van der Waals surface area (Å²) >= 11 is 0. The van der Waals surface area contributed by atoms with Crippen molar-refractivity contribution in [1.82, 2.24) is 18.7 Å². The molecule has 16 aromatic rings. The van der Waals surface area contributed by atoms with Crippen LogP contribution in [0.1, 0.15) is 5.56 Å². The topological polar surface area (TPSA) is 34.2 Å². The fraction of sp³-hybridized carbons (Fsp3) is 0.0132. The first-order valence-corrected chi connectivity index (χ1v) is 28.0. The zero-order valence-corrected chi connectivity index (χ0v) is 45.0. The largest absolute Gasteiger partial charge is 0.310 e. The first-order chi connectivity index (χ1) is 40.6. The lowest BCUT2D eigenvalue weighted by Crippen LogP contribution is -2.09. The van der Waals surface area contributed by atoms with E-state index in [1.165, 1.54) is 37.7 Å². The number of fused-ring (bicyclic) bond motifs is 12. The van der Waals surface area contributed by atoms with E-state index >= 15 is 0 Å². The van der Waals surface area contributed by atoms with Gasteiger partial charge in [-0.1, -0.05) is 170 Å². The Kier molecular flexibility index (Phi) is 11.0. The molecule has 0 spiro atoms. The minimum absolute atomic E-state index is 1.00. The summed E-state index contributed by atoms with van der Waals surface area (Å²) in [6.07, 6.45) is 1.99. The SMILES string of the molecule is Cc1c(-n2c3ccccc3c3cc(N(c4ccccc4)c4ccccc4)ccc32)cc(-c2ccc(-n3cnc4c5ccccc5c5ccccc5c43)cc2)cc1-n1c2ccccc2c2cc(N(c3ccccc3)c3ccccc3)ccc21. The van der Waals surface area contributed by atoms with Crippen molar-refractivity contribution in [1.29, 1.82) is 0 Å². The van der Waals surface area contributed by atoms with Gasteiger partial charge in [-0.3, -0.25) is 4.57 Å². The molecule has 0 fully saturated rings. The molecule has 0 aliphatic heterocycles. The first-order valence-electron chi connectivity index (χ1n) is 28.0. The monoisotopic (exact) mass is 1050 g/mol. The number of imidazole rings is 1. The highest BCUT2D eigenvalue weighted by atomic mass is 15.2. The normalized spacial score (nSPS) is 11.7. The van der Waals surface area contributed by atoms with Crippen LogP contribution in [0.15, 0.2) is 298 Å². The van der Waals surface area contributed by atoms with Gasteiger partial charge < -0.3 is 18.9 Å². The fourth-order valence-electron chi connectivity index (χ4n) is 12.9. The molecule has 13 aromatic carbocycles. The van der Waals surface area contributed by atoms with Crippen LogP contribution >= 0.6 is 0 Å². The van der Waals surface area contributed by atoms with E-state index in [2.05, 4.69) is 322 Å². The van der Waals surface area contributed by atoms with Gasteiger partial charge in [0.15, 0.2) is 0 Å². The highest BCUT2D eigenvalue weighted by Gasteiger charge is 2.24. The summed E-state index contributed by atoms with van der Waals surface area (Å²) in [6.45, 7) is 2.30. The quantitative estimate of drug-likeness (QED) is 0.128. The molecular formula is C76H52N6. The van der Waals surface area contributed by atoms with E-state index in [9.17, 15) is 0 Å². The van der Waals surface area contributed by atoms with Crippen LogP contribution in [0, 0.1) is 6.92 Å². The summed E-state index contributed by atoms with van der Waals surface area (Å²) in [5, 5.41) is 9.52. The van der Waals surface area contributed by atoms with E-state index in [0.717, 1.165) is 106 Å². The van der Waals surface area contributed by atoms with Gasteiger partial charge in [-0.05, 0) is 156 Å². The molecule has 6 nitrogen and oxygen atoms in total. The maximum absolute atomic E-state index is 5.09. The molecule has 0 saturated heterocycles. The molecule has 16 rings (SSSR count). The Bertz CT molecular complexity index is 4800. The summed E-state index contributed by atoms with van der Waals surface area (Å²) in [5.74, 6) is 0. The Morgan fingerprint density at radius 3 is 1.13 bits per heavy atom. The Hall–Kier alpha value is -11.0. The molecule has 0 unspecified atom stereocenters. The molecule has 0 amide bonds. The first kappa shape index (κ1) is 47.1. The highest BCUT2D eigenvalue weighted by Crippen LogP contribution is 2.45. The Balaban J connectivity index is 0.920. The van der Waals surface area contributed by atoms with Crippen LogP contribution in [0.25, 0.3) is 104 Å². The predicted octanol–water partition coefficient (Wildman–Crippen LogP) is 20.4. The molecule has 3 aromatic heterocycles. The standard InChI is InChI=1S/C76H52N6/c1-51-73(81-69-36-20-18-32-63(69)67-48-59(42-44-71(67)81)79(55-22-6-2-7-23-55)56-24-8-3-9-25-56)46-53(52-38-40-54(41-39-52)78-50-77-75-65-34-16-14-30-61(65)62-31-15-17-35-66(62)76(75)78)47-74(51)82-70-37-21-19-33-64(70)68-49-60(43-45-72(68)82)80(57-26-10-4-11-27-57)58-28-12-5-13-29-58/h2-50H,1H3. The smallest absolute Gasteiger partial charge is 0.100 e. The van der Waals surface area contributed by atoms with Crippen molar-refractivity contribution >= 4 is 110 Å². The second-order valence-electron chi connectivity index (χ2n) is 21.2. The van der Waals surface area contributed by atoms with E-state index < -0.39 is 0 Å². The summed E-state index contributed by atoms with van der Waals surface area (Å²) in [7, 11) is 0. The molecule has 3 heterocycles. The van der Waals surface area contributed by atoms with Gasteiger partial charge in [-0.25, -0.2) is 4.98 Å². The van der Waals surface area contributed by atoms with Crippen molar-refractivity contribution in [2.24, 2.45) is 0 Å². The van der Waals surface area contributed by atoms with Crippen molar-refractivity contribution in [3.63, 3.8) is 0 Å². The molecule has 82 heavy (non-hydrogen) atoms. The maximum Gasteiger partial charge on any atom is 0.100 e. The van der Waals surface area contributed by atoms with Gasteiger partial charge in [0.1, 0.15) is 6.33 Å². The lowest BCUT2D eigenvalue weighted by Gasteiger charge is -2.25. The second kappa shape index (κ2) is 19.2. The number of hydrogen-bond donors (Lipinski definition) is 0. The molecule has 0 atom stereocenters. The zero-order valence-electron chi connectivity index (χ0n) is 45.0. The lowest BCUT2D eigenvalue weighted by atomic mass is 9.99. The van der Waals surface area contributed by atoms with Crippen LogP contribution in [-0.4, -0.2) is 18.7 Å². The number of anilines is 6. The van der Waals surface area contributed by atoms with E-state index in [1.54, 1.807) is 0 Å². The third-order valence-corrected chi connectivity index (χ3v) is 16.6. The van der Waals surface area contributed by atoms with E-state index in [0.29, 0.717) is 0 Å². The summed E-state index contributed by atoms with van der Waals surface area (Å²) < 4.78 is 7.25. The van der Waals surface area contributed by atoms with Crippen molar-refractivity contribution in [2.45, 2.75) is 6.92 Å². The molecule has 0 saturated carbocycles. The second-order valence-corrected chi connectivity index (χ2v) is 21.2. The van der Waals surface area contributed by atoms with Gasteiger partial charge in [-0.15, -0.1) is 0 Å². The van der Waals surface area contributed by atoms with Crippen molar-refractivity contribution < 1.29 is 0 Å². The van der Waals surface area contributed by atoms with Crippen molar-refractivity contribution in [2.75, 3.05) is 9.80 Å². The molecule has 386 valence electrons. The minimum atomic E-state index is 1.00. The molecular weight excluding hydrogens is 997 g/mol. The summed E-state index contributed by atoms with van der Waals surface area (Å²) in [5.41, 5.74) is 19.9. The van der Waals surface area contributed by atoms with E-state index in [4.69, 9.17) is 4.98 Å². The third kappa shape index (κ3) is 7.53. The van der Waals surface area contributed by atoms with Crippen LogP contribution in [0.2, 0.25) is 0 Å². The van der Waals surface area contributed by atoms with Crippen LogP contribution in [0.4, 0.5) is 34.1 Å². The van der Waals surface area contributed by atoms with E-state index in [-0.39, 0.29) is 0 Å².